The molecule has 3 aromatic rings. The van der Waals surface area contributed by atoms with Gasteiger partial charge in [-0.1, -0.05) is 18.2 Å². The van der Waals surface area contributed by atoms with Crippen molar-refractivity contribution in [3.63, 3.8) is 0 Å². The van der Waals surface area contributed by atoms with E-state index < -0.39 is 0 Å². The first-order chi connectivity index (χ1) is 13.2. The summed E-state index contributed by atoms with van der Waals surface area (Å²) in [4.78, 5) is 22.7. The second-order valence-corrected chi connectivity index (χ2v) is 6.55. The zero-order chi connectivity index (χ0) is 18.6. The maximum absolute atomic E-state index is 12.8. The lowest BCUT2D eigenvalue weighted by atomic mass is 10.1. The number of nitrogens with zero attached hydrogens (tertiary/aromatic N) is 5. The van der Waals surface area contributed by atoms with Crippen molar-refractivity contribution in [2.45, 2.75) is 25.5 Å². The van der Waals surface area contributed by atoms with E-state index in [-0.39, 0.29) is 23.6 Å². The molecule has 0 bridgehead atoms. The Morgan fingerprint density at radius 2 is 2.11 bits per heavy atom. The third kappa shape index (κ3) is 3.60. The summed E-state index contributed by atoms with van der Waals surface area (Å²) >= 11 is 0. The summed E-state index contributed by atoms with van der Waals surface area (Å²) < 4.78 is 7.84. The Morgan fingerprint density at radius 1 is 1.26 bits per heavy atom. The molecule has 0 saturated carbocycles. The van der Waals surface area contributed by atoms with Crippen LogP contribution in [0.2, 0.25) is 0 Å². The summed E-state index contributed by atoms with van der Waals surface area (Å²) in [6.45, 7) is 1.50. The lowest BCUT2D eigenvalue weighted by Crippen LogP contribution is -2.45. The van der Waals surface area contributed by atoms with Crippen LogP contribution in [0.25, 0.3) is 10.9 Å². The van der Waals surface area contributed by atoms with Crippen LogP contribution in [-0.2, 0) is 11.3 Å². The number of nitriles is 1. The number of fused-ring (bicyclic) bond motifs is 1. The Balaban J connectivity index is 1.43. The van der Waals surface area contributed by atoms with Crippen molar-refractivity contribution in [1.29, 1.82) is 5.26 Å². The molecule has 3 heterocycles. The van der Waals surface area contributed by atoms with Crippen molar-refractivity contribution >= 4 is 16.8 Å². The van der Waals surface area contributed by atoms with E-state index in [9.17, 15) is 4.79 Å². The van der Waals surface area contributed by atoms with Gasteiger partial charge in [-0.05, 0) is 30.4 Å². The normalized spacial score (nSPS) is 16.9. The molecule has 1 fully saturated rings. The summed E-state index contributed by atoms with van der Waals surface area (Å²) in [5, 5.41) is 10.2. The summed E-state index contributed by atoms with van der Waals surface area (Å²) in [6, 6.07) is 12.0. The van der Waals surface area contributed by atoms with E-state index in [2.05, 4.69) is 9.97 Å². The third-order valence-corrected chi connectivity index (χ3v) is 4.77. The van der Waals surface area contributed by atoms with Crippen molar-refractivity contribution in [2.75, 3.05) is 13.1 Å². The first-order valence-electron chi connectivity index (χ1n) is 8.94. The van der Waals surface area contributed by atoms with Gasteiger partial charge in [0.05, 0.1) is 6.54 Å². The van der Waals surface area contributed by atoms with E-state index in [4.69, 9.17) is 10.00 Å². The average molecular weight is 361 g/mol. The molecule has 1 atom stereocenters. The van der Waals surface area contributed by atoms with E-state index >= 15 is 0 Å². The number of rotatable bonds is 4. The molecular formula is C20H19N5O2. The number of para-hydroxylation sites is 1. The second-order valence-electron chi connectivity index (χ2n) is 6.55. The Hall–Kier alpha value is -3.40. The van der Waals surface area contributed by atoms with Crippen molar-refractivity contribution < 1.29 is 9.53 Å². The fourth-order valence-electron chi connectivity index (χ4n) is 3.43. The van der Waals surface area contributed by atoms with E-state index in [1.165, 1.54) is 12.4 Å². The standard InChI is InChI=1S/C20H19N5O2/c21-12-17-20(23-9-8-22-17)27-16-5-3-10-25(13-16)19(26)14-24-11-7-15-4-1-2-6-18(15)24/h1-2,4,6-9,11,16H,3,5,10,13-14H2/t16-/m0/s1. The van der Waals surface area contributed by atoms with Crippen LogP contribution in [0.15, 0.2) is 48.9 Å². The molecule has 27 heavy (non-hydrogen) atoms. The van der Waals surface area contributed by atoms with Gasteiger partial charge in [-0.3, -0.25) is 4.79 Å². The van der Waals surface area contributed by atoms with E-state index in [0.717, 1.165) is 23.7 Å². The Bertz CT molecular complexity index is 1010. The van der Waals surface area contributed by atoms with Crippen molar-refractivity contribution in [1.82, 2.24) is 19.4 Å². The number of likely N-dealkylation sites (tertiary alicyclic amines) is 1. The lowest BCUT2D eigenvalue weighted by molar-refractivity contribution is -0.134. The molecule has 2 aromatic heterocycles. The molecular weight excluding hydrogens is 342 g/mol. The third-order valence-electron chi connectivity index (χ3n) is 4.77. The van der Waals surface area contributed by atoms with Crippen molar-refractivity contribution in [3.8, 4) is 11.9 Å². The average Bonchev–Trinajstić information content (AvgIpc) is 3.11. The van der Waals surface area contributed by atoms with E-state index in [1.54, 1.807) is 0 Å². The number of aromatic nitrogens is 3. The molecule has 136 valence electrons. The predicted octanol–water partition coefficient (Wildman–Crippen LogP) is 2.37. The summed E-state index contributed by atoms with van der Waals surface area (Å²) in [5.74, 6) is 0.292. The fraction of sp³-hybridized carbons (Fsp3) is 0.300. The molecule has 1 amide bonds. The number of ether oxygens (including phenoxy) is 1. The highest BCUT2D eigenvalue weighted by molar-refractivity contribution is 5.83. The van der Waals surface area contributed by atoms with Crippen LogP contribution in [0.5, 0.6) is 5.88 Å². The summed E-state index contributed by atoms with van der Waals surface area (Å²) in [5.41, 5.74) is 1.22. The highest BCUT2D eigenvalue weighted by Crippen LogP contribution is 2.20. The van der Waals surface area contributed by atoms with Gasteiger partial charge >= 0.3 is 0 Å². The van der Waals surface area contributed by atoms with Gasteiger partial charge in [-0.2, -0.15) is 5.26 Å². The zero-order valence-corrected chi connectivity index (χ0v) is 14.8. The minimum absolute atomic E-state index is 0.0595. The van der Waals surface area contributed by atoms with Gasteiger partial charge < -0.3 is 14.2 Å². The molecule has 1 aliphatic heterocycles. The van der Waals surface area contributed by atoms with Gasteiger partial charge in [0.25, 0.3) is 5.88 Å². The summed E-state index contributed by atoms with van der Waals surface area (Å²) in [6.07, 6.45) is 6.39. The largest absolute Gasteiger partial charge is 0.470 e. The van der Waals surface area contributed by atoms with Crippen molar-refractivity contribution in [2.24, 2.45) is 0 Å². The molecule has 4 rings (SSSR count). The SMILES string of the molecule is N#Cc1nccnc1O[C@H]1CCCN(C(=O)Cn2ccc3ccccc32)C1. The van der Waals surface area contributed by atoms with Crippen LogP contribution in [0.3, 0.4) is 0 Å². The Kier molecular flexibility index (Phi) is 4.71. The van der Waals surface area contributed by atoms with Crippen molar-refractivity contribution in [3.05, 3.63) is 54.6 Å². The van der Waals surface area contributed by atoms with Gasteiger partial charge in [0.15, 0.2) is 0 Å². The molecule has 1 aliphatic rings. The molecule has 1 aromatic carbocycles. The lowest BCUT2D eigenvalue weighted by Gasteiger charge is -2.32. The smallest absolute Gasteiger partial charge is 0.251 e. The highest BCUT2D eigenvalue weighted by atomic mass is 16.5. The van der Waals surface area contributed by atoms with Gasteiger partial charge in [0.2, 0.25) is 11.6 Å². The maximum atomic E-state index is 12.8. The van der Waals surface area contributed by atoms with Crippen LogP contribution >= 0.6 is 0 Å². The fourth-order valence-corrected chi connectivity index (χ4v) is 3.43. The van der Waals surface area contributed by atoms with Gasteiger partial charge in [0.1, 0.15) is 18.7 Å². The number of benzene rings is 1. The zero-order valence-electron chi connectivity index (χ0n) is 14.8. The quantitative estimate of drug-likeness (QED) is 0.712. The minimum atomic E-state index is -0.187. The number of hydrogen-bond donors (Lipinski definition) is 0. The molecule has 0 N–H and O–H groups in total. The highest BCUT2D eigenvalue weighted by Gasteiger charge is 2.26. The number of carbonyl (C=O) groups excluding carboxylic acids is 1. The van der Waals surface area contributed by atoms with Crippen LogP contribution in [-0.4, -0.2) is 44.5 Å². The van der Waals surface area contributed by atoms with Crippen LogP contribution in [0.1, 0.15) is 18.5 Å². The first kappa shape index (κ1) is 17.0. The van der Waals surface area contributed by atoms with Gasteiger partial charge in [-0.25, -0.2) is 9.97 Å². The molecule has 0 aliphatic carbocycles. The minimum Gasteiger partial charge on any atom is -0.470 e. The molecule has 7 nitrogen and oxygen atoms in total. The molecule has 1 saturated heterocycles. The monoisotopic (exact) mass is 361 g/mol. The van der Waals surface area contributed by atoms with E-state index in [0.29, 0.717) is 19.6 Å². The number of amides is 1. The second kappa shape index (κ2) is 7.46. The maximum Gasteiger partial charge on any atom is 0.251 e. The Labute approximate surface area is 156 Å². The topological polar surface area (TPSA) is 84.0 Å². The Morgan fingerprint density at radius 3 is 3.00 bits per heavy atom. The van der Waals surface area contributed by atoms with Crippen LogP contribution in [0, 0.1) is 11.3 Å². The van der Waals surface area contributed by atoms with Gasteiger partial charge in [-0.15, -0.1) is 0 Å². The molecule has 0 unspecified atom stereocenters. The van der Waals surface area contributed by atoms with Gasteiger partial charge in [0, 0.05) is 30.7 Å². The number of hydrogen-bond acceptors (Lipinski definition) is 5. The molecule has 0 radical (unpaired) electrons. The van der Waals surface area contributed by atoms with Crippen LogP contribution in [0.4, 0.5) is 0 Å². The summed E-state index contributed by atoms with van der Waals surface area (Å²) in [7, 11) is 0. The number of carbonyl (C=O) groups is 1. The van der Waals surface area contributed by atoms with Crippen LogP contribution < -0.4 is 4.74 Å². The number of piperidine rings is 1. The van der Waals surface area contributed by atoms with E-state index in [1.807, 2.05) is 52.1 Å². The predicted molar refractivity (Wildman–Crippen MR) is 98.9 cm³/mol. The molecule has 0 spiro atoms. The first-order valence-corrected chi connectivity index (χ1v) is 8.94. The molecule has 7 heteroatoms.